The summed E-state index contributed by atoms with van der Waals surface area (Å²) in [5.74, 6) is -1.18. The molecule has 0 bridgehead atoms. The van der Waals surface area contributed by atoms with Crippen molar-refractivity contribution in [3.05, 3.63) is 12.0 Å². The molecule has 0 radical (unpaired) electrons. The van der Waals surface area contributed by atoms with Crippen LogP contribution in [-0.2, 0) is 0 Å². The second kappa shape index (κ2) is 6.50. The topological polar surface area (TPSA) is 70.1 Å². The highest BCUT2D eigenvalue weighted by molar-refractivity contribution is 5.41. The van der Waals surface area contributed by atoms with Crippen LogP contribution in [0.1, 0.15) is 13.3 Å². The van der Waals surface area contributed by atoms with E-state index in [0.29, 0.717) is 6.54 Å². The molecule has 0 aliphatic heterocycles. The number of rotatable bonds is 6. The van der Waals surface area contributed by atoms with E-state index in [4.69, 9.17) is 5.11 Å². The third kappa shape index (κ3) is 4.86. The number of nitrogens with zero attached hydrogens (tertiary/aromatic N) is 2. The van der Waals surface area contributed by atoms with E-state index >= 15 is 0 Å². The molecule has 0 saturated heterocycles. The van der Waals surface area contributed by atoms with Gasteiger partial charge in [-0.1, -0.05) is 6.92 Å². The predicted molar refractivity (Wildman–Crippen MR) is 61.3 cm³/mol. The molecule has 0 aromatic carbocycles. The lowest BCUT2D eigenvalue weighted by Gasteiger charge is -2.15. The Labute approximate surface area is 107 Å². The van der Waals surface area contributed by atoms with Crippen LogP contribution >= 0.6 is 0 Å². The molecule has 19 heavy (non-hydrogen) atoms. The monoisotopic (exact) mass is 282 g/mol. The van der Waals surface area contributed by atoms with Gasteiger partial charge in [0.2, 0.25) is 5.95 Å². The molecular weight excluding hydrogens is 268 g/mol. The van der Waals surface area contributed by atoms with Crippen LogP contribution in [0.5, 0.6) is 0 Å². The fourth-order valence-electron chi connectivity index (χ4n) is 1.12. The van der Waals surface area contributed by atoms with Gasteiger partial charge in [-0.2, -0.15) is 18.2 Å². The zero-order valence-electron chi connectivity index (χ0n) is 10.1. The summed E-state index contributed by atoms with van der Waals surface area (Å²) in [5.41, 5.74) is 0. The molecule has 5 nitrogen and oxygen atoms in total. The number of alkyl halides is 3. The van der Waals surface area contributed by atoms with Crippen molar-refractivity contribution in [1.82, 2.24) is 9.97 Å². The summed E-state index contributed by atoms with van der Waals surface area (Å²) in [6.07, 6.45) is -5.72. The molecule has 1 atom stereocenters. The van der Waals surface area contributed by atoms with E-state index in [1.165, 1.54) is 0 Å². The van der Waals surface area contributed by atoms with Crippen molar-refractivity contribution in [3.63, 3.8) is 0 Å². The summed E-state index contributed by atoms with van der Waals surface area (Å²) in [5, 5.41) is 13.6. The first-order chi connectivity index (χ1) is 8.84. The molecule has 0 aliphatic rings. The maximum Gasteiger partial charge on any atom is 0.416 e. The summed E-state index contributed by atoms with van der Waals surface area (Å²) < 4.78 is 49.5. The van der Waals surface area contributed by atoms with Crippen molar-refractivity contribution in [2.24, 2.45) is 0 Å². The maximum absolute atomic E-state index is 13.3. The van der Waals surface area contributed by atoms with Crippen molar-refractivity contribution in [1.29, 1.82) is 0 Å². The molecule has 1 heterocycles. The van der Waals surface area contributed by atoms with Crippen LogP contribution in [0.15, 0.2) is 6.20 Å². The highest BCUT2D eigenvalue weighted by Crippen LogP contribution is 2.20. The lowest BCUT2D eigenvalue weighted by molar-refractivity contribution is -0.198. The highest BCUT2D eigenvalue weighted by Gasteiger charge is 2.38. The molecule has 0 spiro atoms. The van der Waals surface area contributed by atoms with E-state index in [1.54, 1.807) is 0 Å². The Morgan fingerprint density at radius 2 is 2.05 bits per heavy atom. The molecule has 108 valence electrons. The quantitative estimate of drug-likeness (QED) is 0.694. The second-order valence-corrected chi connectivity index (χ2v) is 3.76. The van der Waals surface area contributed by atoms with E-state index in [0.717, 1.165) is 12.6 Å². The van der Waals surface area contributed by atoms with Gasteiger partial charge in [0.25, 0.3) is 0 Å². The zero-order valence-corrected chi connectivity index (χ0v) is 10.1. The van der Waals surface area contributed by atoms with E-state index in [2.05, 4.69) is 20.6 Å². The highest BCUT2D eigenvalue weighted by atomic mass is 19.4. The fourth-order valence-corrected chi connectivity index (χ4v) is 1.12. The lowest BCUT2D eigenvalue weighted by atomic mass is 10.3. The minimum atomic E-state index is -4.76. The molecule has 9 heteroatoms. The van der Waals surface area contributed by atoms with Gasteiger partial charge in [0, 0.05) is 6.54 Å². The lowest BCUT2D eigenvalue weighted by Crippen LogP contribution is -2.35. The van der Waals surface area contributed by atoms with E-state index in [9.17, 15) is 17.6 Å². The van der Waals surface area contributed by atoms with Crippen molar-refractivity contribution in [3.8, 4) is 0 Å². The zero-order chi connectivity index (χ0) is 14.5. The van der Waals surface area contributed by atoms with E-state index in [1.807, 2.05) is 6.92 Å². The predicted octanol–water partition coefficient (Wildman–Crippen LogP) is 1.77. The van der Waals surface area contributed by atoms with Gasteiger partial charge in [0.05, 0.1) is 12.7 Å². The first-order valence-electron chi connectivity index (χ1n) is 5.59. The summed E-state index contributed by atoms with van der Waals surface area (Å²) in [4.78, 5) is 7.31. The van der Waals surface area contributed by atoms with Crippen LogP contribution in [0, 0.1) is 5.82 Å². The molecular formula is C10H14F4N4O. The Morgan fingerprint density at radius 1 is 1.37 bits per heavy atom. The largest absolute Gasteiger partial charge is 0.416 e. The molecule has 0 amide bonds. The molecule has 1 rings (SSSR count). The van der Waals surface area contributed by atoms with Crippen molar-refractivity contribution >= 4 is 11.8 Å². The second-order valence-electron chi connectivity index (χ2n) is 3.76. The fraction of sp³-hybridized carbons (Fsp3) is 0.600. The van der Waals surface area contributed by atoms with E-state index in [-0.39, 0.29) is 5.95 Å². The number of aliphatic hydroxyl groups is 1. The first-order valence-corrected chi connectivity index (χ1v) is 5.59. The molecule has 0 fully saturated rings. The minimum Gasteiger partial charge on any atom is -0.382 e. The average molecular weight is 282 g/mol. The Hall–Kier alpha value is -1.64. The van der Waals surface area contributed by atoms with Crippen LogP contribution in [-0.4, -0.2) is 40.4 Å². The third-order valence-electron chi connectivity index (χ3n) is 2.12. The van der Waals surface area contributed by atoms with Gasteiger partial charge in [-0.25, -0.2) is 9.37 Å². The van der Waals surface area contributed by atoms with Crippen molar-refractivity contribution < 1.29 is 22.7 Å². The number of aliphatic hydroxyl groups excluding tert-OH is 1. The van der Waals surface area contributed by atoms with Gasteiger partial charge < -0.3 is 15.7 Å². The number of hydrogen-bond acceptors (Lipinski definition) is 5. The average Bonchev–Trinajstić information content (AvgIpc) is 2.34. The Kier molecular flexibility index (Phi) is 5.28. The SMILES string of the molecule is CCCNc1ncc(F)c(NCC(O)C(F)(F)F)n1. The number of halogens is 4. The van der Waals surface area contributed by atoms with Crippen LogP contribution in [0.2, 0.25) is 0 Å². The van der Waals surface area contributed by atoms with Gasteiger partial charge in [-0.3, -0.25) is 0 Å². The Morgan fingerprint density at radius 3 is 2.63 bits per heavy atom. The maximum atomic E-state index is 13.3. The van der Waals surface area contributed by atoms with Crippen LogP contribution in [0.4, 0.5) is 29.3 Å². The van der Waals surface area contributed by atoms with Gasteiger partial charge in [-0.05, 0) is 6.42 Å². The summed E-state index contributed by atoms with van der Waals surface area (Å²) in [6, 6.07) is 0. The number of aromatic nitrogens is 2. The molecule has 3 N–H and O–H groups in total. The van der Waals surface area contributed by atoms with Gasteiger partial charge in [-0.15, -0.1) is 0 Å². The number of hydrogen-bond donors (Lipinski definition) is 3. The Balaban J connectivity index is 2.66. The Bertz CT molecular complexity index is 413. The minimum absolute atomic E-state index is 0.104. The molecule has 0 saturated carbocycles. The third-order valence-corrected chi connectivity index (χ3v) is 2.12. The van der Waals surface area contributed by atoms with Crippen LogP contribution in [0.3, 0.4) is 0 Å². The molecule has 1 aromatic rings. The standard InChI is InChI=1S/C10H14F4N4O/c1-2-3-15-9-17-4-6(11)8(18-9)16-5-7(19)10(12,13)14/h4,7,19H,2-3,5H2,1H3,(H2,15,16,17,18). The van der Waals surface area contributed by atoms with Crippen LogP contribution in [0.25, 0.3) is 0 Å². The summed E-state index contributed by atoms with van der Waals surface area (Å²) in [7, 11) is 0. The molecule has 1 unspecified atom stereocenters. The summed E-state index contributed by atoms with van der Waals surface area (Å²) in [6.45, 7) is 1.57. The number of anilines is 2. The van der Waals surface area contributed by atoms with Crippen LogP contribution < -0.4 is 10.6 Å². The van der Waals surface area contributed by atoms with Crippen molar-refractivity contribution in [2.45, 2.75) is 25.6 Å². The molecule has 0 aliphatic carbocycles. The summed E-state index contributed by atoms with van der Waals surface area (Å²) >= 11 is 0. The van der Waals surface area contributed by atoms with Gasteiger partial charge in [0.1, 0.15) is 0 Å². The van der Waals surface area contributed by atoms with Crippen molar-refractivity contribution in [2.75, 3.05) is 23.7 Å². The molecule has 1 aromatic heterocycles. The first kappa shape index (κ1) is 15.4. The van der Waals surface area contributed by atoms with E-state index < -0.39 is 30.5 Å². The number of nitrogens with one attached hydrogen (secondary N) is 2. The van der Waals surface area contributed by atoms with Gasteiger partial charge in [0.15, 0.2) is 17.7 Å². The smallest absolute Gasteiger partial charge is 0.382 e. The van der Waals surface area contributed by atoms with Gasteiger partial charge >= 0.3 is 6.18 Å². The normalized spacial score (nSPS) is 13.2.